The summed E-state index contributed by atoms with van der Waals surface area (Å²) >= 11 is 11.5. The Labute approximate surface area is 157 Å². The van der Waals surface area contributed by atoms with Gasteiger partial charge in [-0.1, -0.05) is 23.2 Å². The summed E-state index contributed by atoms with van der Waals surface area (Å²) < 4.78 is 54.8. The second-order valence-corrected chi connectivity index (χ2v) is 10.6. The fourth-order valence-electron chi connectivity index (χ4n) is 2.01. The van der Waals surface area contributed by atoms with E-state index in [9.17, 15) is 16.8 Å². The van der Waals surface area contributed by atoms with Crippen LogP contribution in [0.25, 0.3) is 0 Å². The second-order valence-electron chi connectivity index (χ2n) is 5.47. The van der Waals surface area contributed by atoms with Crippen molar-refractivity contribution in [2.75, 3.05) is 0 Å². The lowest BCUT2D eigenvalue weighted by atomic mass is 10.4. The highest BCUT2D eigenvalue weighted by Gasteiger charge is 2.41. The lowest BCUT2D eigenvalue weighted by molar-refractivity contribution is 0.0920. The molecule has 0 aliphatic heterocycles. The third kappa shape index (κ3) is 4.54. The van der Waals surface area contributed by atoms with Gasteiger partial charge in [0.25, 0.3) is 4.77 Å². The van der Waals surface area contributed by atoms with Gasteiger partial charge in [0, 0.05) is 10.0 Å². The predicted octanol–water partition coefficient (Wildman–Crippen LogP) is 3.95. The zero-order valence-corrected chi connectivity index (χ0v) is 16.5. The van der Waals surface area contributed by atoms with E-state index in [1.54, 1.807) is 13.8 Å². The Balaban J connectivity index is 2.59. The molecule has 0 amide bonds. The Kier molecular flexibility index (Phi) is 6.17. The third-order valence-electron chi connectivity index (χ3n) is 3.17. The first kappa shape index (κ1) is 20.2. The van der Waals surface area contributed by atoms with Crippen molar-refractivity contribution in [1.29, 1.82) is 0 Å². The quantitative estimate of drug-likeness (QED) is 0.703. The molecule has 0 atom stereocenters. The Morgan fingerprint density at radius 2 is 1.04 bits per heavy atom. The van der Waals surface area contributed by atoms with Crippen LogP contribution in [-0.4, -0.2) is 27.7 Å². The van der Waals surface area contributed by atoms with E-state index in [2.05, 4.69) is 0 Å². The summed E-state index contributed by atoms with van der Waals surface area (Å²) in [5.41, 5.74) is 0. The van der Waals surface area contributed by atoms with Crippen LogP contribution in [-0.2, 0) is 24.4 Å². The first-order chi connectivity index (χ1) is 11.5. The molecule has 0 aliphatic rings. The van der Waals surface area contributed by atoms with Gasteiger partial charge in [0.2, 0.25) is 19.7 Å². The van der Waals surface area contributed by atoms with E-state index in [4.69, 9.17) is 27.9 Å². The van der Waals surface area contributed by atoms with Gasteiger partial charge in [0.1, 0.15) is 0 Å². The average Bonchev–Trinajstić information content (AvgIpc) is 2.53. The van der Waals surface area contributed by atoms with Crippen molar-refractivity contribution in [2.45, 2.75) is 34.5 Å². The number of rotatable bonds is 6. The molecule has 0 heterocycles. The molecular weight excluding hydrogens is 407 g/mol. The van der Waals surface area contributed by atoms with E-state index < -0.39 is 30.5 Å². The topological polar surface area (TPSA) is 77.5 Å². The maximum absolute atomic E-state index is 12.9. The van der Waals surface area contributed by atoms with Crippen LogP contribution in [0.1, 0.15) is 13.8 Å². The maximum atomic E-state index is 12.9. The van der Waals surface area contributed by atoms with Crippen LogP contribution in [0.3, 0.4) is 0 Å². The Morgan fingerprint density at radius 1 is 0.720 bits per heavy atom. The highest BCUT2D eigenvalue weighted by molar-refractivity contribution is 8.08. The third-order valence-corrected chi connectivity index (χ3v) is 8.29. The van der Waals surface area contributed by atoms with E-state index in [0.29, 0.717) is 10.0 Å². The highest BCUT2D eigenvalue weighted by atomic mass is 35.5. The molecule has 136 valence electrons. The molecule has 0 saturated carbocycles. The number of ether oxygens (including phenoxy) is 1. The van der Waals surface area contributed by atoms with Crippen LogP contribution in [0, 0.1) is 0 Å². The van der Waals surface area contributed by atoms with Crippen LogP contribution in [0.4, 0.5) is 0 Å². The molecule has 2 aromatic rings. The van der Waals surface area contributed by atoms with Gasteiger partial charge in [-0.2, -0.15) is 0 Å². The Morgan fingerprint density at radius 3 is 1.32 bits per heavy atom. The van der Waals surface area contributed by atoms with Crippen LogP contribution in [0.2, 0.25) is 10.0 Å². The zero-order valence-electron chi connectivity index (χ0n) is 13.4. The summed E-state index contributed by atoms with van der Waals surface area (Å²) in [6.07, 6.45) is -0.630. The number of halogens is 2. The van der Waals surface area contributed by atoms with E-state index in [0.717, 1.165) is 0 Å². The molecule has 0 aliphatic carbocycles. The number of sulfone groups is 2. The van der Waals surface area contributed by atoms with Crippen molar-refractivity contribution in [1.82, 2.24) is 0 Å². The smallest absolute Gasteiger partial charge is 0.269 e. The van der Waals surface area contributed by atoms with Crippen LogP contribution in [0.5, 0.6) is 0 Å². The predicted molar refractivity (Wildman–Crippen MR) is 97.3 cm³/mol. The molecule has 0 fully saturated rings. The Bertz CT molecular complexity index is 860. The van der Waals surface area contributed by atoms with Gasteiger partial charge in [0.15, 0.2) is 0 Å². The molecule has 5 nitrogen and oxygen atoms in total. The van der Waals surface area contributed by atoms with Gasteiger partial charge in [-0.15, -0.1) is 0 Å². The van der Waals surface area contributed by atoms with Crippen molar-refractivity contribution >= 4 is 42.9 Å². The van der Waals surface area contributed by atoms with E-state index in [1.165, 1.54) is 48.5 Å². The van der Waals surface area contributed by atoms with E-state index >= 15 is 0 Å². The fourth-order valence-corrected chi connectivity index (χ4v) is 6.47. The first-order valence-electron chi connectivity index (χ1n) is 7.19. The fraction of sp³-hybridized carbons (Fsp3) is 0.250. The molecule has 9 heteroatoms. The number of hydrogen-bond donors (Lipinski definition) is 0. The number of hydrogen-bond acceptors (Lipinski definition) is 5. The highest BCUT2D eigenvalue weighted by Crippen LogP contribution is 2.29. The lowest BCUT2D eigenvalue weighted by Gasteiger charge is -2.21. The van der Waals surface area contributed by atoms with Crippen molar-refractivity contribution in [3.63, 3.8) is 0 Å². The summed E-state index contributed by atoms with van der Waals surface area (Å²) in [6.45, 7) is 3.11. The van der Waals surface area contributed by atoms with Gasteiger partial charge in [-0.05, 0) is 62.4 Å². The molecule has 0 saturated heterocycles. The summed E-state index contributed by atoms with van der Waals surface area (Å²) in [7, 11) is -8.66. The van der Waals surface area contributed by atoms with E-state index in [1.807, 2.05) is 0 Å². The van der Waals surface area contributed by atoms with Gasteiger partial charge in [-0.25, -0.2) is 16.8 Å². The van der Waals surface area contributed by atoms with Gasteiger partial charge in [0.05, 0.1) is 15.9 Å². The van der Waals surface area contributed by atoms with Crippen LogP contribution in [0.15, 0.2) is 58.3 Å². The molecule has 2 aromatic carbocycles. The maximum Gasteiger partial charge on any atom is 0.269 e. The summed E-state index contributed by atoms with van der Waals surface area (Å²) in [6, 6.07) is 10.5. The van der Waals surface area contributed by atoms with Gasteiger partial charge in [-0.3, -0.25) is 0 Å². The molecular formula is C16H16Cl2O5S2. The van der Waals surface area contributed by atoms with Crippen LogP contribution < -0.4 is 0 Å². The average molecular weight is 423 g/mol. The normalized spacial score (nSPS) is 12.7. The minimum Gasteiger partial charge on any atom is -0.346 e. The molecule has 0 aromatic heterocycles. The van der Waals surface area contributed by atoms with Gasteiger partial charge >= 0.3 is 0 Å². The second kappa shape index (κ2) is 7.63. The molecule has 0 bridgehead atoms. The van der Waals surface area contributed by atoms with Crippen LogP contribution >= 0.6 is 23.2 Å². The van der Waals surface area contributed by atoms with E-state index in [-0.39, 0.29) is 9.79 Å². The van der Waals surface area contributed by atoms with Crippen molar-refractivity contribution in [3.8, 4) is 0 Å². The largest absolute Gasteiger partial charge is 0.346 e. The van der Waals surface area contributed by atoms with Crippen molar-refractivity contribution in [3.05, 3.63) is 58.6 Å². The lowest BCUT2D eigenvalue weighted by Crippen LogP contribution is -2.35. The minimum absolute atomic E-state index is 0.194. The molecule has 25 heavy (non-hydrogen) atoms. The SMILES string of the molecule is CC(C)OC(S(=O)(=O)c1ccc(Cl)cc1)S(=O)(=O)c1ccc(Cl)cc1. The summed E-state index contributed by atoms with van der Waals surface area (Å²) in [4.78, 5) is -0.389. The summed E-state index contributed by atoms with van der Waals surface area (Å²) in [5, 5.41) is 0.668. The van der Waals surface area contributed by atoms with Gasteiger partial charge < -0.3 is 4.74 Å². The number of benzene rings is 2. The molecule has 0 unspecified atom stereocenters. The Hall–Kier alpha value is -1.12. The summed E-state index contributed by atoms with van der Waals surface area (Å²) in [5.74, 6) is 0. The molecule has 2 rings (SSSR count). The minimum atomic E-state index is -4.33. The monoisotopic (exact) mass is 422 g/mol. The zero-order chi connectivity index (χ0) is 18.8. The molecule has 0 N–H and O–H groups in total. The first-order valence-corrected chi connectivity index (χ1v) is 11.0. The van der Waals surface area contributed by atoms with Crippen molar-refractivity contribution in [2.24, 2.45) is 0 Å². The molecule has 0 spiro atoms. The van der Waals surface area contributed by atoms with Crippen molar-refractivity contribution < 1.29 is 21.6 Å². The standard InChI is InChI=1S/C16H16Cl2O5S2/c1-11(2)23-16(24(19,20)14-7-3-12(17)4-8-14)25(21,22)15-9-5-13(18)6-10-15/h3-11,16H,1-2H3. The molecule has 0 radical (unpaired) electrons.